The van der Waals surface area contributed by atoms with E-state index in [-0.39, 0.29) is 16.8 Å². The zero-order chi connectivity index (χ0) is 14.8. The van der Waals surface area contributed by atoms with Gasteiger partial charge in [-0.1, -0.05) is 18.2 Å². The number of nitriles is 1. The largest absolute Gasteiger partial charge is 0.297 e. The fourth-order valence-electron chi connectivity index (χ4n) is 1.92. The number of rotatable bonds is 3. The van der Waals surface area contributed by atoms with Gasteiger partial charge in [-0.05, 0) is 26.2 Å². The van der Waals surface area contributed by atoms with E-state index >= 15 is 0 Å². The standard InChI is InChI=1S/C13H16N4O2S/c1-16(2)13-10-20(18,19)12(8-14)9-17(13)15-11-6-4-3-5-7-11/h3-7,9,13,15H,10H2,1-2H3/t13-/m1/s1. The van der Waals surface area contributed by atoms with Crippen LogP contribution in [-0.4, -0.2) is 44.3 Å². The average molecular weight is 292 g/mol. The molecule has 1 aliphatic rings. The minimum atomic E-state index is -3.52. The average Bonchev–Trinajstić information content (AvgIpc) is 2.41. The molecule has 0 spiro atoms. The molecule has 0 saturated carbocycles. The van der Waals surface area contributed by atoms with E-state index in [1.807, 2.05) is 30.3 Å². The van der Waals surface area contributed by atoms with Crippen LogP contribution in [0.3, 0.4) is 0 Å². The third kappa shape index (κ3) is 2.92. The lowest BCUT2D eigenvalue weighted by Gasteiger charge is -2.38. The number of para-hydroxylation sites is 1. The van der Waals surface area contributed by atoms with E-state index in [4.69, 9.17) is 5.26 Å². The van der Waals surface area contributed by atoms with Crippen LogP contribution in [0.4, 0.5) is 5.69 Å². The molecule has 1 heterocycles. The molecule has 0 fully saturated rings. The van der Waals surface area contributed by atoms with Gasteiger partial charge in [0.05, 0.1) is 17.6 Å². The fourth-order valence-corrected chi connectivity index (χ4v) is 3.37. The third-order valence-electron chi connectivity index (χ3n) is 3.02. The van der Waals surface area contributed by atoms with Crippen molar-refractivity contribution >= 4 is 15.5 Å². The fraction of sp³-hybridized carbons (Fsp3) is 0.308. The molecule has 1 aromatic carbocycles. The van der Waals surface area contributed by atoms with Crippen molar-refractivity contribution in [3.63, 3.8) is 0 Å². The van der Waals surface area contributed by atoms with E-state index in [1.165, 1.54) is 6.20 Å². The highest BCUT2D eigenvalue weighted by Gasteiger charge is 2.34. The number of sulfone groups is 1. The minimum absolute atomic E-state index is 0.126. The van der Waals surface area contributed by atoms with Gasteiger partial charge in [-0.25, -0.2) is 8.42 Å². The summed E-state index contributed by atoms with van der Waals surface area (Å²) < 4.78 is 23.9. The Morgan fingerprint density at radius 3 is 2.55 bits per heavy atom. The summed E-state index contributed by atoms with van der Waals surface area (Å²) in [5.41, 5.74) is 3.94. The monoisotopic (exact) mass is 292 g/mol. The summed E-state index contributed by atoms with van der Waals surface area (Å²) in [6.07, 6.45) is 0.966. The molecule has 20 heavy (non-hydrogen) atoms. The van der Waals surface area contributed by atoms with Crippen molar-refractivity contribution in [2.24, 2.45) is 0 Å². The van der Waals surface area contributed by atoms with Crippen molar-refractivity contribution in [1.29, 1.82) is 5.26 Å². The van der Waals surface area contributed by atoms with Crippen molar-refractivity contribution in [3.8, 4) is 6.07 Å². The third-order valence-corrected chi connectivity index (χ3v) is 4.62. The van der Waals surface area contributed by atoms with Crippen LogP contribution in [0.5, 0.6) is 0 Å². The van der Waals surface area contributed by atoms with Gasteiger partial charge < -0.3 is 0 Å². The van der Waals surface area contributed by atoms with E-state index in [1.54, 1.807) is 30.1 Å². The predicted molar refractivity (Wildman–Crippen MR) is 76.9 cm³/mol. The SMILES string of the molecule is CN(C)[C@H]1CS(=O)(=O)C(C#N)=CN1Nc1ccccc1. The highest BCUT2D eigenvalue weighted by atomic mass is 32.2. The Balaban J connectivity index is 2.35. The van der Waals surface area contributed by atoms with Gasteiger partial charge in [0.15, 0.2) is 14.7 Å². The Morgan fingerprint density at radius 1 is 1.35 bits per heavy atom. The van der Waals surface area contributed by atoms with Crippen LogP contribution in [0.15, 0.2) is 41.4 Å². The van der Waals surface area contributed by atoms with Gasteiger partial charge in [-0.2, -0.15) is 5.26 Å². The van der Waals surface area contributed by atoms with Gasteiger partial charge >= 0.3 is 0 Å². The van der Waals surface area contributed by atoms with Crippen molar-refractivity contribution in [3.05, 3.63) is 41.4 Å². The summed E-state index contributed by atoms with van der Waals surface area (Å²) in [7, 11) is 0.0771. The number of benzene rings is 1. The van der Waals surface area contributed by atoms with Gasteiger partial charge in [-0.3, -0.25) is 15.3 Å². The summed E-state index contributed by atoms with van der Waals surface area (Å²) in [4.78, 5) is 1.57. The summed E-state index contributed by atoms with van der Waals surface area (Å²) in [5.74, 6) is -0.126. The molecule has 0 aromatic heterocycles. The highest BCUT2D eigenvalue weighted by Crippen LogP contribution is 2.22. The summed E-state index contributed by atoms with van der Waals surface area (Å²) >= 11 is 0. The second-order valence-corrected chi connectivity index (χ2v) is 6.72. The van der Waals surface area contributed by atoms with Gasteiger partial charge in [-0.15, -0.1) is 0 Å². The zero-order valence-corrected chi connectivity index (χ0v) is 12.1. The molecule has 1 aromatic rings. The highest BCUT2D eigenvalue weighted by molar-refractivity contribution is 7.95. The number of hydrogen-bond acceptors (Lipinski definition) is 6. The molecule has 0 bridgehead atoms. The van der Waals surface area contributed by atoms with E-state index in [0.29, 0.717) is 0 Å². The Kier molecular flexibility index (Phi) is 3.97. The lowest BCUT2D eigenvalue weighted by Crippen LogP contribution is -2.51. The molecule has 0 amide bonds. The second kappa shape index (κ2) is 5.53. The molecule has 6 nitrogen and oxygen atoms in total. The van der Waals surface area contributed by atoms with Crippen LogP contribution < -0.4 is 5.43 Å². The molecular formula is C13H16N4O2S. The quantitative estimate of drug-likeness (QED) is 0.895. The van der Waals surface area contributed by atoms with E-state index in [2.05, 4.69) is 5.43 Å². The summed E-state index contributed by atoms with van der Waals surface area (Å²) in [6, 6.07) is 11.1. The smallest absolute Gasteiger partial charge is 0.193 e. The Hall–Kier alpha value is -2.04. The summed E-state index contributed by atoms with van der Waals surface area (Å²) in [6.45, 7) is 0. The van der Waals surface area contributed by atoms with Gasteiger partial charge in [0.1, 0.15) is 12.2 Å². The maximum absolute atomic E-state index is 12.0. The van der Waals surface area contributed by atoms with Crippen LogP contribution in [0.2, 0.25) is 0 Å². The maximum Gasteiger partial charge on any atom is 0.193 e. The lowest BCUT2D eigenvalue weighted by molar-refractivity contribution is 0.164. The first-order valence-corrected chi connectivity index (χ1v) is 7.70. The molecule has 1 aliphatic heterocycles. The topological polar surface area (TPSA) is 76.4 Å². The Bertz CT molecular complexity index is 647. The van der Waals surface area contributed by atoms with Crippen LogP contribution in [0, 0.1) is 11.3 Å². The number of hydrogen-bond donors (Lipinski definition) is 1. The summed E-state index contributed by atoms with van der Waals surface area (Å²) in [5, 5.41) is 10.6. The predicted octanol–water partition coefficient (Wildman–Crippen LogP) is 0.997. The Morgan fingerprint density at radius 2 is 2.00 bits per heavy atom. The number of anilines is 1. The van der Waals surface area contributed by atoms with Crippen molar-refractivity contribution in [2.45, 2.75) is 6.17 Å². The molecule has 1 atom stereocenters. The van der Waals surface area contributed by atoms with Gasteiger partial charge in [0.2, 0.25) is 0 Å². The molecule has 0 radical (unpaired) electrons. The number of nitrogens with one attached hydrogen (secondary N) is 1. The molecule has 0 aliphatic carbocycles. The molecule has 1 N–H and O–H groups in total. The molecule has 7 heteroatoms. The van der Waals surface area contributed by atoms with E-state index in [9.17, 15) is 8.42 Å². The molecule has 0 unspecified atom stereocenters. The van der Waals surface area contributed by atoms with Crippen molar-refractivity contribution in [1.82, 2.24) is 9.91 Å². The molecular weight excluding hydrogens is 276 g/mol. The van der Waals surface area contributed by atoms with Crippen LogP contribution >= 0.6 is 0 Å². The van der Waals surface area contributed by atoms with Crippen LogP contribution in [0.25, 0.3) is 0 Å². The first kappa shape index (κ1) is 14.4. The van der Waals surface area contributed by atoms with E-state index in [0.717, 1.165) is 5.69 Å². The normalized spacial score (nSPS) is 21.2. The lowest BCUT2D eigenvalue weighted by atomic mass is 10.3. The van der Waals surface area contributed by atoms with Crippen LogP contribution in [0.1, 0.15) is 0 Å². The van der Waals surface area contributed by atoms with Crippen LogP contribution in [-0.2, 0) is 9.84 Å². The number of nitrogens with zero attached hydrogens (tertiary/aromatic N) is 3. The second-order valence-electron chi connectivity index (χ2n) is 4.72. The first-order valence-electron chi connectivity index (χ1n) is 6.05. The maximum atomic E-state index is 12.0. The number of hydrazine groups is 1. The molecule has 2 rings (SSSR count). The Labute approximate surface area is 118 Å². The van der Waals surface area contributed by atoms with Gasteiger partial charge in [0, 0.05) is 0 Å². The molecule has 0 saturated heterocycles. The molecule has 106 valence electrons. The van der Waals surface area contributed by atoms with Gasteiger partial charge in [0.25, 0.3) is 0 Å². The minimum Gasteiger partial charge on any atom is -0.297 e. The van der Waals surface area contributed by atoms with Crippen molar-refractivity contribution in [2.75, 3.05) is 25.3 Å². The van der Waals surface area contributed by atoms with Crippen molar-refractivity contribution < 1.29 is 8.42 Å². The number of allylic oxidation sites excluding steroid dienone is 1. The zero-order valence-electron chi connectivity index (χ0n) is 11.3. The van der Waals surface area contributed by atoms with E-state index < -0.39 is 9.84 Å². The first-order chi connectivity index (χ1) is 9.44.